The maximum atomic E-state index is 13.3. The first-order valence-corrected chi connectivity index (χ1v) is 8.57. The highest BCUT2D eigenvalue weighted by molar-refractivity contribution is 6.03. The van der Waals surface area contributed by atoms with E-state index in [1.807, 2.05) is 0 Å². The van der Waals surface area contributed by atoms with Crippen molar-refractivity contribution >= 4 is 33.5 Å². The summed E-state index contributed by atoms with van der Waals surface area (Å²) in [5, 5.41) is 1.45. The van der Waals surface area contributed by atoms with Gasteiger partial charge >= 0.3 is 12.1 Å². The van der Waals surface area contributed by atoms with Crippen LogP contribution >= 0.6 is 0 Å². The molecule has 4 rings (SSSR count). The maximum Gasteiger partial charge on any atom is 0.433 e. The molecular weight excluding hydrogens is 401 g/mol. The Hall–Kier alpha value is -3.95. The number of benzene rings is 1. The average molecular weight is 414 g/mol. The van der Waals surface area contributed by atoms with Crippen molar-refractivity contribution in [1.82, 2.24) is 14.5 Å². The highest BCUT2D eigenvalue weighted by Crippen LogP contribution is 2.31. The van der Waals surface area contributed by atoms with E-state index in [0.29, 0.717) is 5.39 Å². The maximum absolute atomic E-state index is 13.3. The van der Waals surface area contributed by atoms with Crippen LogP contribution in [-0.4, -0.2) is 27.6 Å². The Morgan fingerprint density at radius 2 is 1.90 bits per heavy atom. The zero-order valence-electron chi connectivity index (χ0n) is 15.4. The third-order valence-electron chi connectivity index (χ3n) is 4.63. The van der Waals surface area contributed by atoms with E-state index < -0.39 is 29.0 Å². The Bertz CT molecular complexity index is 1380. The summed E-state index contributed by atoms with van der Waals surface area (Å²) in [6.07, 6.45) is -1.61. The zero-order chi connectivity index (χ0) is 21.6. The number of nitrogens with two attached hydrogens (primary N) is 1. The van der Waals surface area contributed by atoms with Gasteiger partial charge in [-0.25, -0.2) is 9.78 Å². The molecule has 152 valence electrons. The molecule has 0 aliphatic heterocycles. The van der Waals surface area contributed by atoms with Crippen LogP contribution in [0.25, 0.3) is 27.5 Å². The number of aromatic nitrogens is 3. The molecule has 3 aromatic heterocycles. The van der Waals surface area contributed by atoms with Gasteiger partial charge in [-0.3, -0.25) is 14.3 Å². The van der Waals surface area contributed by atoms with Gasteiger partial charge in [0, 0.05) is 23.2 Å². The number of rotatable bonds is 2. The average Bonchev–Trinajstić information content (AvgIpc) is 2.72. The van der Waals surface area contributed by atoms with Crippen LogP contribution < -0.4 is 11.3 Å². The van der Waals surface area contributed by atoms with Crippen LogP contribution in [0.3, 0.4) is 0 Å². The van der Waals surface area contributed by atoms with Crippen molar-refractivity contribution in [3.8, 4) is 5.69 Å². The Kier molecular flexibility index (Phi) is 4.41. The van der Waals surface area contributed by atoms with E-state index in [1.54, 1.807) is 30.6 Å². The van der Waals surface area contributed by atoms with E-state index in [9.17, 15) is 22.8 Å². The molecule has 4 aromatic rings. The molecule has 1 aromatic carbocycles. The number of hydrogen-bond acceptors (Lipinski definition) is 6. The second-order valence-electron chi connectivity index (χ2n) is 6.39. The molecule has 0 saturated heterocycles. The molecule has 30 heavy (non-hydrogen) atoms. The zero-order valence-corrected chi connectivity index (χ0v) is 15.4. The van der Waals surface area contributed by atoms with Crippen LogP contribution in [0.5, 0.6) is 0 Å². The van der Waals surface area contributed by atoms with Crippen LogP contribution in [0.2, 0.25) is 0 Å². The van der Waals surface area contributed by atoms with Gasteiger partial charge in [-0.2, -0.15) is 13.2 Å². The van der Waals surface area contributed by atoms with Gasteiger partial charge in [0.05, 0.1) is 18.5 Å². The number of pyridine rings is 3. The number of fused-ring (bicyclic) bond motifs is 2. The standard InChI is InChI=1S/C20H13F3N4O3/c1-30-19(29)15-16(24)13-4-5-14(20(21,22)23)26-17(13)27(18(15)28)12-3-2-10-6-7-25-9-11(10)8-12/h2-9H,24H2,1H3. The number of methoxy groups -OCH3 is 1. The molecule has 0 bridgehead atoms. The van der Waals surface area contributed by atoms with Crippen LogP contribution in [0.1, 0.15) is 16.1 Å². The van der Waals surface area contributed by atoms with Crippen LogP contribution in [-0.2, 0) is 10.9 Å². The lowest BCUT2D eigenvalue weighted by Gasteiger charge is -2.16. The molecule has 0 saturated carbocycles. The lowest BCUT2D eigenvalue weighted by molar-refractivity contribution is -0.141. The number of carbonyl (C=O) groups excluding carboxylic acids is 1. The molecule has 0 aliphatic carbocycles. The summed E-state index contributed by atoms with van der Waals surface area (Å²) in [6, 6.07) is 8.31. The second-order valence-corrected chi connectivity index (χ2v) is 6.39. The normalized spacial score (nSPS) is 11.7. The monoisotopic (exact) mass is 414 g/mol. The minimum absolute atomic E-state index is 0.00860. The van der Waals surface area contributed by atoms with Crippen molar-refractivity contribution < 1.29 is 22.7 Å². The van der Waals surface area contributed by atoms with Gasteiger partial charge in [-0.1, -0.05) is 6.07 Å². The van der Waals surface area contributed by atoms with Gasteiger partial charge in [0.1, 0.15) is 16.9 Å². The summed E-state index contributed by atoms with van der Waals surface area (Å²) in [6.45, 7) is 0. The molecule has 0 unspecified atom stereocenters. The molecule has 3 heterocycles. The fourth-order valence-corrected chi connectivity index (χ4v) is 3.20. The molecule has 0 aliphatic rings. The van der Waals surface area contributed by atoms with Gasteiger partial charge in [0.15, 0.2) is 0 Å². The Balaban J connectivity index is 2.16. The first-order valence-electron chi connectivity index (χ1n) is 8.57. The summed E-state index contributed by atoms with van der Waals surface area (Å²) in [7, 11) is 1.07. The molecule has 0 spiro atoms. The molecule has 0 atom stereocenters. The number of halogens is 3. The second kappa shape index (κ2) is 6.83. The minimum Gasteiger partial charge on any atom is -0.465 e. The Morgan fingerprint density at radius 1 is 1.13 bits per heavy atom. The number of anilines is 1. The third-order valence-corrected chi connectivity index (χ3v) is 4.63. The van der Waals surface area contributed by atoms with Gasteiger partial charge < -0.3 is 10.5 Å². The van der Waals surface area contributed by atoms with Crippen molar-refractivity contribution in [2.75, 3.05) is 12.8 Å². The van der Waals surface area contributed by atoms with E-state index in [2.05, 4.69) is 14.7 Å². The SMILES string of the molecule is COC(=O)c1c(N)c2ccc(C(F)(F)F)nc2n(-c2ccc3ccncc3c2)c1=O. The van der Waals surface area contributed by atoms with E-state index >= 15 is 0 Å². The number of nitrogen functional groups attached to an aromatic ring is 1. The van der Waals surface area contributed by atoms with E-state index in [1.165, 1.54) is 6.07 Å². The number of hydrogen-bond donors (Lipinski definition) is 1. The van der Waals surface area contributed by atoms with Crippen molar-refractivity contribution in [2.24, 2.45) is 0 Å². The smallest absolute Gasteiger partial charge is 0.433 e. The molecule has 0 fully saturated rings. The van der Waals surface area contributed by atoms with Gasteiger partial charge in [0.2, 0.25) is 0 Å². The summed E-state index contributed by atoms with van der Waals surface area (Å²) in [4.78, 5) is 33.0. The largest absolute Gasteiger partial charge is 0.465 e. The lowest BCUT2D eigenvalue weighted by Crippen LogP contribution is -2.29. The number of carbonyl (C=O) groups is 1. The fraction of sp³-hybridized carbons (Fsp3) is 0.100. The summed E-state index contributed by atoms with van der Waals surface area (Å²) >= 11 is 0. The van der Waals surface area contributed by atoms with E-state index in [0.717, 1.165) is 29.2 Å². The first kappa shape index (κ1) is 19.4. The Labute approximate surface area is 166 Å². The fourth-order valence-electron chi connectivity index (χ4n) is 3.20. The summed E-state index contributed by atoms with van der Waals surface area (Å²) in [5.74, 6) is -1.00. The van der Waals surface area contributed by atoms with E-state index in [4.69, 9.17) is 5.73 Å². The first-order chi connectivity index (χ1) is 14.2. The van der Waals surface area contributed by atoms with Gasteiger partial charge in [-0.15, -0.1) is 0 Å². The van der Waals surface area contributed by atoms with Gasteiger partial charge in [-0.05, 0) is 35.7 Å². The van der Waals surface area contributed by atoms with Crippen molar-refractivity contribution in [1.29, 1.82) is 0 Å². The quantitative estimate of drug-likeness (QED) is 0.505. The van der Waals surface area contributed by atoms with Gasteiger partial charge in [0.25, 0.3) is 5.56 Å². The van der Waals surface area contributed by atoms with Crippen LogP contribution in [0, 0.1) is 0 Å². The van der Waals surface area contributed by atoms with Crippen LogP contribution in [0.4, 0.5) is 18.9 Å². The molecule has 7 nitrogen and oxygen atoms in total. The molecule has 10 heteroatoms. The number of esters is 1. The summed E-state index contributed by atoms with van der Waals surface area (Å²) in [5.41, 5.74) is 2.88. The minimum atomic E-state index is -4.74. The van der Waals surface area contributed by atoms with Crippen LogP contribution in [0.15, 0.2) is 53.6 Å². The highest BCUT2D eigenvalue weighted by Gasteiger charge is 2.33. The summed E-state index contributed by atoms with van der Waals surface area (Å²) < 4.78 is 45.3. The molecule has 0 radical (unpaired) electrons. The third kappa shape index (κ3) is 3.02. The predicted octanol–water partition coefficient (Wildman–Crippen LogP) is 3.32. The van der Waals surface area contributed by atoms with Crippen molar-refractivity contribution in [3.63, 3.8) is 0 Å². The van der Waals surface area contributed by atoms with E-state index in [-0.39, 0.29) is 22.4 Å². The molecular formula is C20H13F3N4O3. The number of ether oxygens (including phenoxy) is 1. The van der Waals surface area contributed by atoms with Crippen molar-refractivity contribution in [2.45, 2.75) is 6.18 Å². The lowest BCUT2D eigenvalue weighted by atomic mass is 10.1. The Morgan fingerprint density at radius 3 is 2.60 bits per heavy atom. The predicted molar refractivity (Wildman–Crippen MR) is 103 cm³/mol. The topological polar surface area (TPSA) is 100 Å². The highest BCUT2D eigenvalue weighted by atomic mass is 19.4. The molecule has 0 amide bonds. The molecule has 2 N–H and O–H groups in total. The van der Waals surface area contributed by atoms with Crippen molar-refractivity contribution in [3.05, 3.63) is 70.4 Å². The number of nitrogens with zero attached hydrogens (tertiary/aromatic N) is 3. The number of alkyl halides is 3.